The molecule has 0 fully saturated rings. The molecule has 110 valence electrons. The Morgan fingerprint density at radius 1 is 1.50 bits per heavy atom. The van der Waals surface area contributed by atoms with Crippen molar-refractivity contribution in [3.63, 3.8) is 0 Å². The molecule has 0 aromatic carbocycles. The molecule has 7 nitrogen and oxygen atoms in total. The molecule has 1 heterocycles. The van der Waals surface area contributed by atoms with E-state index in [1.165, 1.54) is 25.4 Å². The Hall–Kier alpha value is -1.58. The number of carbonyl (C=O) groups excluding carboxylic acids is 1. The first kappa shape index (κ1) is 16.5. The monoisotopic (exact) mass is 316 g/mol. The average molecular weight is 316 g/mol. The molecule has 0 aliphatic rings. The van der Waals surface area contributed by atoms with E-state index in [-0.39, 0.29) is 28.9 Å². The standard InChI is InChI=1S/C11H16N4O3S2/c1-3-15(7-10(16)13-2)20(17,18)8-4-5-9(11(12)19)14-6-8/h4-6H,3,7H2,1-2H3,(H2,12,19)(H,13,16). The fourth-order valence-corrected chi connectivity index (χ4v) is 2.91. The van der Waals surface area contributed by atoms with Crippen molar-refractivity contribution in [3.05, 3.63) is 24.0 Å². The van der Waals surface area contributed by atoms with E-state index in [0.717, 1.165) is 4.31 Å². The summed E-state index contributed by atoms with van der Waals surface area (Å²) in [6.45, 7) is 1.58. The van der Waals surface area contributed by atoms with E-state index in [2.05, 4.69) is 10.3 Å². The fourth-order valence-electron chi connectivity index (χ4n) is 1.43. The van der Waals surface area contributed by atoms with Gasteiger partial charge in [0, 0.05) is 19.8 Å². The maximum absolute atomic E-state index is 12.3. The number of likely N-dealkylation sites (N-methyl/N-ethyl adjacent to an activating group) is 2. The van der Waals surface area contributed by atoms with Crippen LogP contribution in [-0.2, 0) is 14.8 Å². The van der Waals surface area contributed by atoms with Gasteiger partial charge in [-0.3, -0.25) is 9.78 Å². The maximum Gasteiger partial charge on any atom is 0.245 e. The number of hydrogen-bond acceptors (Lipinski definition) is 5. The van der Waals surface area contributed by atoms with Crippen LogP contribution < -0.4 is 11.1 Å². The third kappa shape index (κ3) is 3.71. The van der Waals surface area contributed by atoms with Crippen LogP contribution >= 0.6 is 12.2 Å². The van der Waals surface area contributed by atoms with Crippen molar-refractivity contribution >= 4 is 33.1 Å². The smallest absolute Gasteiger partial charge is 0.245 e. The first-order chi connectivity index (χ1) is 9.32. The average Bonchev–Trinajstić information content (AvgIpc) is 2.44. The summed E-state index contributed by atoms with van der Waals surface area (Å²) in [7, 11) is -2.33. The molecule has 20 heavy (non-hydrogen) atoms. The quantitative estimate of drug-likeness (QED) is 0.684. The van der Waals surface area contributed by atoms with Gasteiger partial charge >= 0.3 is 0 Å². The third-order valence-corrected chi connectivity index (χ3v) is 4.69. The first-order valence-electron chi connectivity index (χ1n) is 5.79. The van der Waals surface area contributed by atoms with Gasteiger partial charge < -0.3 is 11.1 Å². The maximum atomic E-state index is 12.3. The predicted molar refractivity (Wildman–Crippen MR) is 78.6 cm³/mol. The summed E-state index contributed by atoms with van der Waals surface area (Å²) in [6, 6.07) is 2.80. The van der Waals surface area contributed by atoms with Gasteiger partial charge in [0.15, 0.2) is 0 Å². The van der Waals surface area contributed by atoms with Crippen molar-refractivity contribution in [2.24, 2.45) is 5.73 Å². The lowest BCUT2D eigenvalue weighted by molar-refractivity contribution is -0.120. The molecule has 0 radical (unpaired) electrons. The van der Waals surface area contributed by atoms with E-state index >= 15 is 0 Å². The van der Waals surface area contributed by atoms with Crippen molar-refractivity contribution in [3.8, 4) is 0 Å². The second-order valence-electron chi connectivity index (χ2n) is 3.85. The lowest BCUT2D eigenvalue weighted by Gasteiger charge is -2.19. The van der Waals surface area contributed by atoms with E-state index in [1.807, 2.05) is 0 Å². The van der Waals surface area contributed by atoms with Crippen LogP contribution in [0.5, 0.6) is 0 Å². The van der Waals surface area contributed by atoms with Crippen LogP contribution in [0.4, 0.5) is 0 Å². The number of hydrogen-bond donors (Lipinski definition) is 2. The zero-order valence-corrected chi connectivity index (χ0v) is 12.8. The van der Waals surface area contributed by atoms with Gasteiger partial charge in [0.05, 0.1) is 12.2 Å². The van der Waals surface area contributed by atoms with Crippen molar-refractivity contribution in [1.29, 1.82) is 0 Å². The summed E-state index contributed by atoms with van der Waals surface area (Å²) in [5, 5.41) is 2.38. The summed E-state index contributed by atoms with van der Waals surface area (Å²) >= 11 is 4.75. The molecular weight excluding hydrogens is 300 g/mol. The highest BCUT2D eigenvalue weighted by Crippen LogP contribution is 2.14. The summed E-state index contributed by atoms with van der Waals surface area (Å²) in [5.74, 6) is -0.386. The van der Waals surface area contributed by atoms with Gasteiger partial charge in [0.2, 0.25) is 15.9 Å². The minimum absolute atomic E-state index is 0.0109. The molecule has 3 N–H and O–H groups in total. The molecule has 0 atom stereocenters. The highest BCUT2D eigenvalue weighted by molar-refractivity contribution is 7.89. The van der Waals surface area contributed by atoms with Gasteiger partial charge in [-0.1, -0.05) is 19.1 Å². The predicted octanol–water partition coefficient (Wildman–Crippen LogP) is -0.528. The molecule has 1 aromatic heterocycles. The SMILES string of the molecule is CCN(CC(=O)NC)S(=O)(=O)c1ccc(C(N)=S)nc1. The Balaban J connectivity index is 3.07. The molecule has 9 heteroatoms. The lowest BCUT2D eigenvalue weighted by Crippen LogP contribution is -2.39. The highest BCUT2D eigenvalue weighted by Gasteiger charge is 2.25. The largest absolute Gasteiger partial charge is 0.388 e. The number of amides is 1. The Bertz CT molecular complexity index is 599. The lowest BCUT2D eigenvalue weighted by atomic mass is 10.3. The highest BCUT2D eigenvalue weighted by atomic mass is 32.2. The molecule has 0 unspecified atom stereocenters. The van der Waals surface area contributed by atoms with Crippen LogP contribution in [0, 0.1) is 0 Å². The molecule has 0 saturated heterocycles. The molecule has 0 aliphatic heterocycles. The van der Waals surface area contributed by atoms with E-state index in [4.69, 9.17) is 18.0 Å². The van der Waals surface area contributed by atoms with Gasteiger partial charge in [0.1, 0.15) is 9.88 Å². The Kier molecular flexibility index (Phi) is 5.54. The van der Waals surface area contributed by atoms with Crippen LogP contribution in [0.1, 0.15) is 12.6 Å². The second kappa shape index (κ2) is 6.73. The number of nitrogens with one attached hydrogen (secondary N) is 1. The minimum Gasteiger partial charge on any atom is -0.388 e. The van der Waals surface area contributed by atoms with Crippen molar-refractivity contribution in [2.45, 2.75) is 11.8 Å². The normalized spacial score (nSPS) is 11.3. The zero-order chi connectivity index (χ0) is 15.3. The molecule has 0 saturated carbocycles. The van der Waals surface area contributed by atoms with Crippen LogP contribution in [0.3, 0.4) is 0 Å². The topological polar surface area (TPSA) is 105 Å². The van der Waals surface area contributed by atoms with Crippen molar-refractivity contribution in [1.82, 2.24) is 14.6 Å². The van der Waals surface area contributed by atoms with E-state index < -0.39 is 10.0 Å². The number of rotatable bonds is 6. The number of aromatic nitrogens is 1. The molecule has 0 spiro atoms. The van der Waals surface area contributed by atoms with Crippen LogP contribution in [0.25, 0.3) is 0 Å². The number of thiocarbonyl (C=S) groups is 1. The number of nitrogens with two attached hydrogens (primary N) is 1. The molecule has 1 amide bonds. The summed E-state index contributed by atoms with van der Waals surface area (Å²) in [4.78, 5) is 15.3. The second-order valence-corrected chi connectivity index (χ2v) is 6.23. The van der Waals surface area contributed by atoms with E-state index in [0.29, 0.717) is 5.69 Å². The van der Waals surface area contributed by atoms with Crippen LogP contribution in [0.15, 0.2) is 23.2 Å². The van der Waals surface area contributed by atoms with Gasteiger partial charge in [-0.25, -0.2) is 8.42 Å². The molecule has 1 aromatic rings. The molecule has 0 aliphatic carbocycles. The number of pyridine rings is 1. The summed E-state index contributed by atoms with van der Waals surface area (Å²) in [6.07, 6.45) is 1.18. The first-order valence-corrected chi connectivity index (χ1v) is 7.64. The van der Waals surface area contributed by atoms with Gasteiger partial charge in [-0.15, -0.1) is 0 Å². The Morgan fingerprint density at radius 2 is 2.15 bits per heavy atom. The number of carbonyl (C=O) groups is 1. The van der Waals surface area contributed by atoms with Gasteiger partial charge in [0.25, 0.3) is 0 Å². The number of nitrogens with zero attached hydrogens (tertiary/aromatic N) is 2. The van der Waals surface area contributed by atoms with E-state index in [9.17, 15) is 13.2 Å². The van der Waals surface area contributed by atoms with E-state index in [1.54, 1.807) is 6.92 Å². The Labute approximate surface area is 123 Å². The minimum atomic E-state index is -3.77. The number of sulfonamides is 1. The van der Waals surface area contributed by atoms with Crippen LogP contribution in [0.2, 0.25) is 0 Å². The summed E-state index contributed by atoms with van der Waals surface area (Å²) in [5.41, 5.74) is 5.74. The van der Waals surface area contributed by atoms with Gasteiger partial charge in [-0.2, -0.15) is 4.31 Å². The molecular formula is C11H16N4O3S2. The molecule has 1 rings (SSSR count). The molecule has 0 bridgehead atoms. The van der Waals surface area contributed by atoms with Gasteiger partial charge in [-0.05, 0) is 12.1 Å². The van der Waals surface area contributed by atoms with Crippen LogP contribution in [-0.4, -0.2) is 48.7 Å². The summed E-state index contributed by atoms with van der Waals surface area (Å²) < 4.78 is 25.7. The zero-order valence-electron chi connectivity index (χ0n) is 11.2. The Morgan fingerprint density at radius 3 is 2.55 bits per heavy atom. The van der Waals surface area contributed by atoms with Crippen molar-refractivity contribution in [2.75, 3.05) is 20.1 Å². The van der Waals surface area contributed by atoms with Crippen molar-refractivity contribution < 1.29 is 13.2 Å². The third-order valence-electron chi connectivity index (χ3n) is 2.58. The fraction of sp³-hybridized carbons (Fsp3) is 0.364.